The Balaban J connectivity index is 2.19. The van der Waals surface area contributed by atoms with E-state index in [1.54, 1.807) is 6.20 Å². The van der Waals surface area contributed by atoms with Crippen LogP contribution in [0.4, 0.5) is 5.82 Å². The van der Waals surface area contributed by atoms with Crippen molar-refractivity contribution < 1.29 is 4.74 Å². The van der Waals surface area contributed by atoms with E-state index in [1.165, 1.54) is 12.8 Å². The fraction of sp³-hybridized carbons (Fsp3) is 0.688. The number of anilines is 1. The molecule has 5 N–H and O–H groups in total. The van der Waals surface area contributed by atoms with E-state index in [2.05, 4.69) is 24.3 Å². The average Bonchev–Trinajstić information content (AvgIpc) is 2.45. The molecular formula is C16H28N4O. The quantitative estimate of drug-likeness (QED) is 0.551. The second-order valence-electron chi connectivity index (χ2n) is 6.21. The zero-order chi connectivity index (χ0) is 15.3. The summed E-state index contributed by atoms with van der Waals surface area (Å²) in [6.07, 6.45) is 7.12. The van der Waals surface area contributed by atoms with Crippen LogP contribution in [0.15, 0.2) is 18.3 Å². The summed E-state index contributed by atoms with van der Waals surface area (Å²) in [5, 5.41) is 0. The zero-order valence-corrected chi connectivity index (χ0v) is 13.1. The van der Waals surface area contributed by atoms with Crippen LogP contribution in [0.5, 0.6) is 0 Å². The van der Waals surface area contributed by atoms with Crippen LogP contribution in [-0.4, -0.2) is 23.2 Å². The van der Waals surface area contributed by atoms with E-state index >= 15 is 0 Å². The van der Waals surface area contributed by atoms with Crippen LogP contribution < -0.4 is 17.0 Å². The smallest absolute Gasteiger partial charge is 0.123 e. The van der Waals surface area contributed by atoms with Gasteiger partial charge < -0.3 is 10.5 Å². The van der Waals surface area contributed by atoms with Crippen molar-refractivity contribution in [3.05, 3.63) is 23.9 Å². The van der Waals surface area contributed by atoms with Crippen molar-refractivity contribution in [2.45, 2.75) is 57.6 Å². The van der Waals surface area contributed by atoms with Gasteiger partial charge in [-0.05, 0) is 49.8 Å². The molecule has 1 aromatic rings. The largest absolute Gasteiger partial charge is 0.384 e. The summed E-state index contributed by atoms with van der Waals surface area (Å²) < 4.78 is 6.21. The van der Waals surface area contributed by atoms with Crippen LogP contribution in [0.25, 0.3) is 0 Å². The van der Waals surface area contributed by atoms with Crippen LogP contribution in [0.3, 0.4) is 0 Å². The number of nitrogens with zero attached hydrogens (tertiary/aromatic N) is 1. The number of nitrogens with two attached hydrogens (primary N) is 2. The van der Waals surface area contributed by atoms with Gasteiger partial charge in [-0.1, -0.05) is 19.8 Å². The fourth-order valence-electron chi connectivity index (χ4n) is 3.63. The molecule has 0 aliphatic heterocycles. The topological polar surface area (TPSA) is 86.2 Å². The molecule has 118 valence electrons. The van der Waals surface area contributed by atoms with E-state index in [0.29, 0.717) is 18.3 Å². The van der Waals surface area contributed by atoms with Crippen molar-refractivity contribution in [2.24, 2.45) is 11.8 Å². The Morgan fingerprint density at radius 1 is 1.57 bits per heavy atom. The maximum atomic E-state index is 6.21. The fourth-order valence-corrected chi connectivity index (χ4v) is 3.63. The van der Waals surface area contributed by atoms with Crippen molar-refractivity contribution in [3.8, 4) is 0 Å². The van der Waals surface area contributed by atoms with Gasteiger partial charge in [-0.15, -0.1) is 0 Å². The lowest BCUT2D eigenvalue weighted by molar-refractivity contribution is -0.100. The molecule has 1 fully saturated rings. The molecule has 1 aliphatic carbocycles. The minimum absolute atomic E-state index is 0.0852. The Bertz CT molecular complexity index is 450. The summed E-state index contributed by atoms with van der Waals surface area (Å²) in [5.41, 5.74) is 9.73. The first kappa shape index (κ1) is 16.2. The first-order valence-corrected chi connectivity index (χ1v) is 7.90. The molecule has 1 saturated carbocycles. The van der Waals surface area contributed by atoms with Crippen molar-refractivity contribution >= 4 is 5.82 Å². The summed E-state index contributed by atoms with van der Waals surface area (Å²) in [5.74, 6) is 7.09. The first-order chi connectivity index (χ1) is 10.1. The molecule has 3 atom stereocenters. The normalized spacial score (nSPS) is 27.5. The number of hydrogen-bond donors (Lipinski definition) is 3. The molecule has 5 heteroatoms. The third kappa shape index (κ3) is 3.93. The lowest BCUT2D eigenvalue weighted by Gasteiger charge is -2.45. The number of nitrogen functional groups attached to an aromatic ring is 1. The molecule has 1 aromatic heterocycles. The van der Waals surface area contributed by atoms with Gasteiger partial charge in [-0.25, -0.2) is 4.98 Å². The molecule has 21 heavy (non-hydrogen) atoms. The van der Waals surface area contributed by atoms with E-state index in [-0.39, 0.29) is 11.6 Å². The zero-order valence-electron chi connectivity index (χ0n) is 13.1. The molecule has 0 radical (unpaired) electrons. The van der Waals surface area contributed by atoms with Gasteiger partial charge in [0.2, 0.25) is 0 Å². The average molecular weight is 292 g/mol. The van der Waals surface area contributed by atoms with Crippen LogP contribution in [0.1, 0.15) is 45.1 Å². The highest BCUT2D eigenvalue weighted by Gasteiger charge is 2.42. The third-order valence-corrected chi connectivity index (χ3v) is 4.54. The van der Waals surface area contributed by atoms with Gasteiger partial charge in [0.05, 0.1) is 11.6 Å². The Labute approximate surface area is 127 Å². The van der Waals surface area contributed by atoms with Crippen LogP contribution in [-0.2, 0) is 11.2 Å². The maximum Gasteiger partial charge on any atom is 0.123 e. The van der Waals surface area contributed by atoms with Crippen LogP contribution >= 0.6 is 0 Å². The number of rotatable bonds is 6. The monoisotopic (exact) mass is 292 g/mol. The Morgan fingerprint density at radius 2 is 2.38 bits per heavy atom. The molecule has 0 aromatic carbocycles. The lowest BCUT2D eigenvalue weighted by Crippen LogP contribution is -2.57. The minimum atomic E-state index is -0.181. The predicted octanol–water partition coefficient (Wildman–Crippen LogP) is 2.02. The van der Waals surface area contributed by atoms with Gasteiger partial charge in [0, 0.05) is 12.8 Å². The first-order valence-electron chi connectivity index (χ1n) is 7.90. The van der Waals surface area contributed by atoms with Gasteiger partial charge in [0.25, 0.3) is 0 Å². The molecule has 0 bridgehead atoms. The number of ether oxygens (including phenoxy) is 1. The highest BCUT2D eigenvalue weighted by molar-refractivity contribution is 5.32. The van der Waals surface area contributed by atoms with Gasteiger partial charge in [-0.2, -0.15) is 0 Å². The van der Waals surface area contributed by atoms with E-state index in [4.69, 9.17) is 16.3 Å². The van der Waals surface area contributed by atoms with Gasteiger partial charge >= 0.3 is 0 Å². The third-order valence-electron chi connectivity index (χ3n) is 4.54. The number of aromatic nitrogens is 1. The number of nitrogens with one attached hydrogen (secondary N) is 1. The highest BCUT2D eigenvalue weighted by Crippen LogP contribution is 2.38. The number of pyridine rings is 1. The summed E-state index contributed by atoms with van der Waals surface area (Å²) in [4.78, 5) is 4.05. The molecule has 0 spiro atoms. The summed E-state index contributed by atoms with van der Waals surface area (Å²) in [7, 11) is 0. The van der Waals surface area contributed by atoms with Crippen molar-refractivity contribution in [1.29, 1.82) is 0 Å². The van der Waals surface area contributed by atoms with Crippen LogP contribution in [0, 0.1) is 5.92 Å². The Morgan fingerprint density at radius 3 is 3.00 bits per heavy atom. The van der Waals surface area contributed by atoms with E-state index in [0.717, 1.165) is 24.8 Å². The van der Waals surface area contributed by atoms with Crippen LogP contribution in [0.2, 0.25) is 0 Å². The Hall–Kier alpha value is -1.17. The van der Waals surface area contributed by atoms with E-state index < -0.39 is 0 Å². The Kier molecular flexibility index (Phi) is 5.56. The van der Waals surface area contributed by atoms with Crippen molar-refractivity contribution in [2.75, 3.05) is 12.3 Å². The molecular weight excluding hydrogens is 264 g/mol. The summed E-state index contributed by atoms with van der Waals surface area (Å²) in [6.45, 7) is 5.06. The highest BCUT2D eigenvalue weighted by atomic mass is 16.5. The summed E-state index contributed by atoms with van der Waals surface area (Å²) in [6, 6.07) is 3.99. The van der Waals surface area contributed by atoms with Gasteiger partial charge in [-0.3, -0.25) is 11.3 Å². The molecule has 1 aliphatic rings. The number of hydrogen-bond acceptors (Lipinski definition) is 5. The molecule has 3 unspecified atom stereocenters. The van der Waals surface area contributed by atoms with E-state index in [9.17, 15) is 0 Å². The van der Waals surface area contributed by atoms with Gasteiger partial charge in [0.1, 0.15) is 5.82 Å². The van der Waals surface area contributed by atoms with Crippen molar-refractivity contribution in [1.82, 2.24) is 10.4 Å². The second kappa shape index (κ2) is 7.20. The molecule has 2 rings (SSSR count). The number of hydrazine groups is 1. The molecule has 1 heterocycles. The van der Waals surface area contributed by atoms with E-state index in [1.807, 2.05) is 12.1 Å². The maximum absolute atomic E-state index is 6.21. The molecule has 5 nitrogen and oxygen atoms in total. The predicted molar refractivity (Wildman–Crippen MR) is 85.5 cm³/mol. The SMILES string of the molecule is CCOC1(C(Cc2ccnc(N)c2)NN)CCCC(C)C1. The minimum Gasteiger partial charge on any atom is -0.384 e. The standard InChI is InChI=1S/C16H28N4O/c1-3-21-16(7-4-5-12(2)11-16)14(20-18)9-13-6-8-19-15(17)10-13/h6,8,10,12,14,20H,3-5,7,9,11,18H2,1-2H3,(H2,17,19). The van der Waals surface area contributed by atoms with Crippen molar-refractivity contribution in [3.63, 3.8) is 0 Å². The summed E-state index contributed by atoms with van der Waals surface area (Å²) >= 11 is 0. The second-order valence-corrected chi connectivity index (χ2v) is 6.21. The van der Waals surface area contributed by atoms with Gasteiger partial charge in [0.15, 0.2) is 0 Å². The molecule has 0 saturated heterocycles. The lowest BCUT2D eigenvalue weighted by atomic mass is 9.73. The molecule has 0 amide bonds.